The molecule has 1 aliphatic rings. The van der Waals surface area contributed by atoms with E-state index in [0.29, 0.717) is 0 Å². The molecule has 1 fully saturated rings. The Balaban J connectivity index is 1.52. The van der Waals surface area contributed by atoms with E-state index in [-0.39, 0.29) is 12.1 Å². The first-order valence-electron chi connectivity index (χ1n) is 10.5. The van der Waals surface area contributed by atoms with Crippen LogP contribution in [0.2, 0.25) is 0 Å². The van der Waals surface area contributed by atoms with Crippen LogP contribution in [0, 0.1) is 5.92 Å². The minimum atomic E-state index is -0.608. The van der Waals surface area contributed by atoms with Crippen molar-refractivity contribution in [3.05, 3.63) is 66.7 Å². The van der Waals surface area contributed by atoms with Gasteiger partial charge in [-0.15, -0.1) is 0 Å². The number of fused-ring (bicyclic) bond motifs is 5. The topological polar surface area (TPSA) is 39.7 Å². The second-order valence-corrected chi connectivity index (χ2v) is 8.94. The van der Waals surface area contributed by atoms with Crippen LogP contribution in [0.3, 0.4) is 0 Å². The van der Waals surface area contributed by atoms with E-state index in [0.717, 1.165) is 5.69 Å². The minimum absolute atomic E-state index is 0.197. The van der Waals surface area contributed by atoms with Crippen LogP contribution in [0.5, 0.6) is 0 Å². The van der Waals surface area contributed by atoms with Crippen LogP contribution < -0.4 is 5.32 Å². The molecule has 4 nitrogen and oxygen atoms in total. The second-order valence-electron chi connectivity index (χ2n) is 8.94. The van der Waals surface area contributed by atoms with E-state index in [1.807, 2.05) is 27.7 Å². The SMILES string of the molecule is CC(C)C1OOC(C)(C)C(Nc2ccc3c(ccc4c5ccccc5ccc34)c2)O1. The lowest BCUT2D eigenvalue weighted by atomic mass is 9.97. The Morgan fingerprint density at radius 2 is 1.47 bits per heavy atom. The van der Waals surface area contributed by atoms with E-state index in [9.17, 15) is 0 Å². The zero-order chi connectivity index (χ0) is 20.9. The number of nitrogens with one attached hydrogen (secondary N) is 1. The average molecular weight is 402 g/mol. The molecule has 4 heteroatoms. The fourth-order valence-corrected chi connectivity index (χ4v) is 4.08. The van der Waals surface area contributed by atoms with Crippen molar-refractivity contribution in [2.75, 3.05) is 5.32 Å². The van der Waals surface area contributed by atoms with Crippen LogP contribution in [-0.4, -0.2) is 18.1 Å². The van der Waals surface area contributed by atoms with Gasteiger partial charge in [0.1, 0.15) is 5.60 Å². The molecule has 0 aromatic heterocycles. The van der Waals surface area contributed by atoms with Gasteiger partial charge in [-0.05, 0) is 58.3 Å². The van der Waals surface area contributed by atoms with Gasteiger partial charge in [-0.25, -0.2) is 9.78 Å². The molecule has 0 saturated carbocycles. The Hall–Kier alpha value is -2.66. The number of hydrogen-bond acceptors (Lipinski definition) is 4. The molecule has 1 heterocycles. The van der Waals surface area contributed by atoms with Crippen LogP contribution in [0.15, 0.2) is 66.7 Å². The molecule has 1 saturated heterocycles. The molecule has 0 spiro atoms. The maximum absolute atomic E-state index is 6.14. The summed E-state index contributed by atoms with van der Waals surface area (Å²) in [4.78, 5) is 11.0. The highest BCUT2D eigenvalue weighted by Gasteiger charge is 2.41. The monoisotopic (exact) mass is 401 g/mol. The van der Waals surface area contributed by atoms with Gasteiger partial charge in [0.25, 0.3) is 0 Å². The van der Waals surface area contributed by atoms with Crippen molar-refractivity contribution >= 4 is 38.0 Å². The van der Waals surface area contributed by atoms with Crippen molar-refractivity contribution in [1.29, 1.82) is 0 Å². The van der Waals surface area contributed by atoms with Crippen LogP contribution in [0.1, 0.15) is 27.7 Å². The van der Waals surface area contributed by atoms with E-state index < -0.39 is 11.9 Å². The Kier molecular flexibility index (Phi) is 4.66. The first-order valence-corrected chi connectivity index (χ1v) is 10.5. The Bertz CT molecular complexity index is 1230. The van der Waals surface area contributed by atoms with Gasteiger partial charge in [-0.3, -0.25) is 0 Å². The number of hydrogen-bond donors (Lipinski definition) is 1. The van der Waals surface area contributed by atoms with Crippen molar-refractivity contribution in [3.63, 3.8) is 0 Å². The van der Waals surface area contributed by atoms with Gasteiger partial charge in [0.05, 0.1) is 0 Å². The second kappa shape index (κ2) is 7.24. The quantitative estimate of drug-likeness (QED) is 0.309. The van der Waals surface area contributed by atoms with Gasteiger partial charge < -0.3 is 10.1 Å². The predicted octanol–water partition coefficient (Wildman–Crippen LogP) is 6.62. The lowest BCUT2D eigenvalue weighted by molar-refractivity contribution is -0.485. The molecule has 154 valence electrons. The number of benzene rings is 4. The largest absolute Gasteiger partial charge is 0.358 e. The van der Waals surface area contributed by atoms with E-state index in [1.54, 1.807) is 0 Å². The number of ether oxygens (including phenoxy) is 1. The van der Waals surface area contributed by atoms with Crippen LogP contribution in [-0.2, 0) is 14.5 Å². The van der Waals surface area contributed by atoms with Gasteiger partial charge >= 0.3 is 0 Å². The summed E-state index contributed by atoms with van der Waals surface area (Å²) in [5.41, 5.74) is 0.386. The van der Waals surface area contributed by atoms with Crippen molar-refractivity contribution < 1.29 is 14.5 Å². The van der Waals surface area contributed by atoms with Gasteiger partial charge in [-0.1, -0.05) is 68.4 Å². The lowest BCUT2D eigenvalue weighted by Crippen LogP contribution is -2.54. The van der Waals surface area contributed by atoms with Gasteiger partial charge in [0, 0.05) is 11.6 Å². The number of rotatable bonds is 3. The first-order chi connectivity index (χ1) is 14.4. The summed E-state index contributed by atoms with van der Waals surface area (Å²) >= 11 is 0. The molecule has 4 aromatic rings. The highest BCUT2D eigenvalue weighted by atomic mass is 17.2. The van der Waals surface area contributed by atoms with E-state index in [2.05, 4.69) is 72.0 Å². The summed E-state index contributed by atoms with van der Waals surface area (Å²) in [6.07, 6.45) is -0.714. The highest BCUT2D eigenvalue weighted by Crippen LogP contribution is 2.34. The third-order valence-corrected chi connectivity index (χ3v) is 5.84. The van der Waals surface area contributed by atoms with E-state index in [1.165, 1.54) is 32.3 Å². The maximum atomic E-state index is 6.14. The summed E-state index contributed by atoms with van der Waals surface area (Å²) in [5.74, 6) is 0.197. The molecular weight excluding hydrogens is 374 g/mol. The lowest BCUT2D eigenvalue weighted by Gasteiger charge is -2.42. The van der Waals surface area contributed by atoms with Crippen molar-refractivity contribution in [1.82, 2.24) is 0 Å². The molecule has 0 amide bonds. The summed E-state index contributed by atoms with van der Waals surface area (Å²) in [6.45, 7) is 8.02. The fraction of sp³-hybridized carbons (Fsp3) is 0.308. The zero-order valence-electron chi connectivity index (χ0n) is 17.8. The van der Waals surface area contributed by atoms with Gasteiger partial charge in [-0.2, -0.15) is 0 Å². The van der Waals surface area contributed by atoms with Crippen LogP contribution >= 0.6 is 0 Å². The van der Waals surface area contributed by atoms with E-state index in [4.69, 9.17) is 14.5 Å². The normalized spacial score (nSPS) is 21.5. The highest BCUT2D eigenvalue weighted by molar-refractivity contribution is 6.17. The Morgan fingerprint density at radius 3 is 2.23 bits per heavy atom. The van der Waals surface area contributed by atoms with Gasteiger partial charge in [0.15, 0.2) is 12.5 Å². The summed E-state index contributed by atoms with van der Waals surface area (Å²) in [7, 11) is 0. The molecule has 2 atom stereocenters. The molecule has 1 aliphatic heterocycles. The molecule has 1 N–H and O–H groups in total. The van der Waals surface area contributed by atoms with Crippen LogP contribution in [0.4, 0.5) is 5.69 Å². The van der Waals surface area contributed by atoms with Gasteiger partial charge in [0.2, 0.25) is 0 Å². The molecular formula is C26H27NO3. The summed E-state index contributed by atoms with van der Waals surface area (Å²) in [6, 6.07) is 23.8. The predicted molar refractivity (Wildman–Crippen MR) is 122 cm³/mol. The van der Waals surface area contributed by atoms with Crippen molar-refractivity contribution in [3.8, 4) is 0 Å². The summed E-state index contributed by atoms with van der Waals surface area (Å²) in [5, 5.41) is 11.0. The molecule has 2 unspecified atom stereocenters. The first kappa shape index (κ1) is 19.3. The molecule has 0 radical (unpaired) electrons. The molecule has 0 bridgehead atoms. The van der Waals surface area contributed by atoms with Crippen molar-refractivity contribution in [2.45, 2.75) is 45.8 Å². The maximum Gasteiger partial charge on any atom is 0.196 e. The fourth-order valence-electron chi connectivity index (χ4n) is 4.08. The molecule has 4 aromatic carbocycles. The third kappa shape index (κ3) is 3.31. The Morgan fingerprint density at radius 1 is 0.800 bits per heavy atom. The third-order valence-electron chi connectivity index (χ3n) is 5.84. The van der Waals surface area contributed by atoms with E-state index >= 15 is 0 Å². The number of anilines is 1. The molecule has 0 aliphatic carbocycles. The Labute approximate surface area is 176 Å². The molecule has 5 rings (SSSR count). The van der Waals surface area contributed by atoms with Crippen LogP contribution in [0.25, 0.3) is 32.3 Å². The molecule has 30 heavy (non-hydrogen) atoms. The summed E-state index contributed by atoms with van der Waals surface area (Å²) < 4.78 is 6.14. The average Bonchev–Trinajstić information content (AvgIpc) is 2.74. The van der Waals surface area contributed by atoms with Crippen molar-refractivity contribution in [2.24, 2.45) is 5.92 Å². The minimum Gasteiger partial charge on any atom is -0.358 e. The standard InChI is InChI=1S/C26H27NO3/c1-16(2)24-28-25(26(3,4)30-29-24)27-19-11-14-21-18(15-19)10-13-22-20-8-6-5-7-17(20)9-12-23(21)22/h5-16,24-25,27H,1-4H3. The smallest absolute Gasteiger partial charge is 0.196 e. The zero-order valence-corrected chi connectivity index (χ0v) is 17.8.